The van der Waals surface area contributed by atoms with Crippen molar-refractivity contribution in [2.75, 3.05) is 6.61 Å². The smallest absolute Gasteiger partial charge is 0.0876 e. The second kappa shape index (κ2) is 4.83. The molecule has 0 aromatic heterocycles. The van der Waals surface area contributed by atoms with Crippen molar-refractivity contribution in [3.05, 3.63) is 11.8 Å². The van der Waals surface area contributed by atoms with Crippen molar-refractivity contribution in [2.45, 2.75) is 51.0 Å². The molecule has 1 aliphatic heterocycles. The second-order valence-electron chi connectivity index (χ2n) is 4.66. The minimum absolute atomic E-state index is 0.262. The van der Waals surface area contributed by atoms with Gasteiger partial charge in [-0.3, -0.25) is 0 Å². The Morgan fingerprint density at radius 3 is 2.79 bits per heavy atom. The molecular formula is C12H21NO. The van der Waals surface area contributed by atoms with E-state index in [0.717, 1.165) is 25.4 Å². The summed E-state index contributed by atoms with van der Waals surface area (Å²) in [6.45, 7) is 0.875. The molecule has 0 saturated heterocycles. The van der Waals surface area contributed by atoms with Gasteiger partial charge in [0.15, 0.2) is 0 Å². The highest BCUT2D eigenvalue weighted by atomic mass is 16.5. The fraction of sp³-hybridized carbons (Fsp3) is 0.833. The first kappa shape index (κ1) is 10.0. The van der Waals surface area contributed by atoms with Crippen LogP contribution in [0.4, 0.5) is 0 Å². The number of hydrogen-bond donors (Lipinski definition) is 1. The molecule has 0 aromatic carbocycles. The fourth-order valence-electron chi connectivity index (χ4n) is 2.61. The summed E-state index contributed by atoms with van der Waals surface area (Å²) in [7, 11) is 0. The third-order valence-electron chi connectivity index (χ3n) is 3.50. The zero-order valence-corrected chi connectivity index (χ0v) is 8.87. The topological polar surface area (TPSA) is 35.2 Å². The van der Waals surface area contributed by atoms with Crippen molar-refractivity contribution in [2.24, 2.45) is 11.7 Å². The molecule has 2 nitrogen and oxygen atoms in total. The average Bonchev–Trinajstić information content (AvgIpc) is 2.72. The van der Waals surface area contributed by atoms with Crippen LogP contribution in [0.5, 0.6) is 0 Å². The minimum atomic E-state index is 0.262. The van der Waals surface area contributed by atoms with Crippen LogP contribution < -0.4 is 5.73 Å². The van der Waals surface area contributed by atoms with Crippen molar-refractivity contribution >= 4 is 0 Å². The maximum Gasteiger partial charge on any atom is 0.0876 e. The van der Waals surface area contributed by atoms with Gasteiger partial charge in [0, 0.05) is 6.04 Å². The van der Waals surface area contributed by atoms with E-state index in [9.17, 15) is 0 Å². The number of nitrogens with two attached hydrogens (primary N) is 1. The van der Waals surface area contributed by atoms with Gasteiger partial charge in [0.25, 0.3) is 0 Å². The highest BCUT2D eigenvalue weighted by Gasteiger charge is 2.21. The molecule has 0 radical (unpaired) electrons. The van der Waals surface area contributed by atoms with E-state index in [2.05, 4.69) is 0 Å². The summed E-state index contributed by atoms with van der Waals surface area (Å²) in [5.74, 6) is 0.882. The predicted octanol–water partition coefficient (Wildman–Crippen LogP) is 2.59. The standard InChI is InChI=1S/C12H21NO/c13-12(8-10-4-1-2-5-10)11-6-3-7-14-9-11/h9-10,12H,1-8,13H2. The van der Waals surface area contributed by atoms with Gasteiger partial charge in [-0.05, 0) is 30.8 Å². The van der Waals surface area contributed by atoms with Gasteiger partial charge in [-0.15, -0.1) is 0 Å². The molecule has 2 aliphatic rings. The van der Waals surface area contributed by atoms with E-state index in [1.54, 1.807) is 0 Å². The molecule has 2 heteroatoms. The van der Waals surface area contributed by atoms with Crippen LogP contribution in [0.1, 0.15) is 44.9 Å². The second-order valence-corrected chi connectivity index (χ2v) is 4.66. The lowest BCUT2D eigenvalue weighted by Crippen LogP contribution is -2.27. The van der Waals surface area contributed by atoms with E-state index in [0.29, 0.717) is 0 Å². The number of rotatable bonds is 3. The summed E-state index contributed by atoms with van der Waals surface area (Å²) in [4.78, 5) is 0. The maximum absolute atomic E-state index is 6.18. The Morgan fingerprint density at radius 1 is 1.36 bits per heavy atom. The fourth-order valence-corrected chi connectivity index (χ4v) is 2.61. The van der Waals surface area contributed by atoms with E-state index >= 15 is 0 Å². The van der Waals surface area contributed by atoms with Crippen LogP contribution in [0, 0.1) is 5.92 Å². The van der Waals surface area contributed by atoms with Crippen molar-refractivity contribution in [1.29, 1.82) is 0 Å². The molecule has 1 unspecified atom stereocenters. The molecule has 80 valence electrons. The van der Waals surface area contributed by atoms with E-state index in [1.807, 2.05) is 6.26 Å². The Labute approximate surface area is 86.5 Å². The van der Waals surface area contributed by atoms with Gasteiger partial charge < -0.3 is 10.5 Å². The Morgan fingerprint density at radius 2 is 2.14 bits per heavy atom. The summed E-state index contributed by atoms with van der Waals surface area (Å²) in [6.07, 6.45) is 11.0. The van der Waals surface area contributed by atoms with Gasteiger partial charge in [0.1, 0.15) is 0 Å². The molecule has 1 fully saturated rings. The van der Waals surface area contributed by atoms with E-state index in [4.69, 9.17) is 10.5 Å². The van der Waals surface area contributed by atoms with E-state index in [-0.39, 0.29) is 6.04 Å². The van der Waals surface area contributed by atoms with Gasteiger partial charge in [-0.2, -0.15) is 0 Å². The average molecular weight is 195 g/mol. The van der Waals surface area contributed by atoms with Crippen molar-refractivity contribution < 1.29 is 4.74 Å². The summed E-state index contributed by atoms with van der Waals surface area (Å²) in [5.41, 5.74) is 7.52. The zero-order valence-electron chi connectivity index (χ0n) is 8.87. The van der Waals surface area contributed by atoms with Crippen LogP contribution in [0.3, 0.4) is 0 Å². The summed E-state index contributed by atoms with van der Waals surface area (Å²) < 4.78 is 5.33. The summed E-state index contributed by atoms with van der Waals surface area (Å²) in [5, 5.41) is 0. The van der Waals surface area contributed by atoms with Gasteiger partial charge in [-0.1, -0.05) is 25.7 Å². The van der Waals surface area contributed by atoms with Crippen molar-refractivity contribution in [3.63, 3.8) is 0 Å². The first-order chi connectivity index (χ1) is 6.86. The van der Waals surface area contributed by atoms with Crippen LogP contribution in [-0.2, 0) is 4.74 Å². The molecule has 2 rings (SSSR count). The highest BCUT2D eigenvalue weighted by Crippen LogP contribution is 2.30. The molecule has 0 amide bonds. The molecule has 1 saturated carbocycles. The zero-order chi connectivity index (χ0) is 9.80. The molecule has 1 atom stereocenters. The van der Waals surface area contributed by atoms with Crippen molar-refractivity contribution in [3.8, 4) is 0 Å². The lowest BCUT2D eigenvalue weighted by Gasteiger charge is -2.22. The van der Waals surface area contributed by atoms with Crippen LogP contribution in [0.2, 0.25) is 0 Å². The Bertz CT molecular complexity index is 206. The van der Waals surface area contributed by atoms with Crippen LogP contribution in [-0.4, -0.2) is 12.6 Å². The molecule has 0 aromatic rings. The normalized spacial score (nSPS) is 25.6. The molecule has 14 heavy (non-hydrogen) atoms. The number of hydrogen-bond acceptors (Lipinski definition) is 2. The van der Waals surface area contributed by atoms with Gasteiger partial charge >= 0.3 is 0 Å². The maximum atomic E-state index is 6.18. The molecule has 2 N–H and O–H groups in total. The predicted molar refractivity (Wildman–Crippen MR) is 57.8 cm³/mol. The summed E-state index contributed by atoms with van der Waals surface area (Å²) >= 11 is 0. The van der Waals surface area contributed by atoms with E-state index < -0.39 is 0 Å². The first-order valence-corrected chi connectivity index (χ1v) is 5.92. The highest BCUT2D eigenvalue weighted by molar-refractivity contribution is 5.09. The first-order valence-electron chi connectivity index (χ1n) is 5.92. The lowest BCUT2D eigenvalue weighted by atomic mass is 9.92. The van der Waals surface area contributed by atoms with Crippen LogP contribution in [0.25, 0.3) is 0 Å². The SMILES string of the molecule is NC(CC1CCCC1)C1=COCCC1. The Kier molecular flexibility index (Phi) is 3.46. The van der Waals surface area contributed by atoms with E-state index in [1.165, 1.54) is 37.7 Å². The van der Waals surface area contributed by atoms with Crippen molar-refractivity contribution in [1.82, 2.24) is 0 Å². The Balaban J connectivity index is 1.81. The molecular weight excluding hydrogens is 174 g/mol. The third kappa shape index (κ3) is 2.50. The minimum Gasteiger partial charge on any atom is -0.501 e. The number of ether oxygens (including phenoxy) is 1. The Hall–Kier alpha value is -0.500. The molecule has 0 bridgehead atoms. The van der Waals surface area contributed by atoms with Crippen LogP contribution >= 0.6 is 0 Å². The van der Waals surface area contributed by atoms with Gasteiger partial charge in [-0.25, -0.2) is 0 Å². The van der Waals surface area contributed by atoms with Gasteiger partial charge in [0.2, 0.25) is 0 Å². The summed E-state index contributed by atoms with van der Waals surface area (Å²) in [6, 6.07) is 0.262. The van der Waals surface area contributed by atoms with Crippen LogP contribution in [0.15, 0.2) is 11.8 Å². The largest absolute Gasteiger partial charge is 0.501 e. The lowest BCUT2D eigenvalue weighted by molar-refractivity contribution is 0.219. The van der Waals surface area contributed by atoms with Gasteiger partial charge in [0.05, 0.1) is 12.9 Å². The monoisotopic (exact) mass is 195 g/mol. The third-order valence-corrected chi connectivity index (χ3v) is 3.50. The molecule has 1 aliphatic carbocycles. The molecule has 0 spiro atoms. The molecule has 1 heterocycles. The quantitative estimate of drug-likeness (QED) is 0.751.